The van der Waals surface area contributed by atoms with Gasteiger partial charge in [0, 0.05) is 35.2 Å². The van der Waals surface area contributed by atoms with Crippen LogP contribution in [0.2, 0.25) is 0 Å². The van der Waals surface area contributed by atoms with Crippen molar-refractivity contribution in [3.05, 3.63) is 72.3 Å². The maximum Gasteiger partial charge on any atom is 0.159 e. The number of nitrogens with zero attached hydrogens (tertiary/aromatic N) is 2. The summed E-state index contributed by atoms with van der Waals surface area (Å²) in [7, 11) is 0. The van der Waals surface area contributed by atoms with E-state index in [1.165, 1.54) is 6.07 Å². The fraction of sp³-hybridized carbons (Fsp3) is 0.217. The summed E-state index contributed by atoms with van der Waals surface area (Å²) in [5.41, 5.74) is 2.92. The molecule has 0 fully saturated rings. The van der Waals surface area contributed by atoms with E-state index in [9.17, 15) is 14.6 Å². The molecule has 0 aliphatic carbocycles. The lowest BCUT2D eigenvalue weighted by Gasteiger charge is -2.06. The Morgan fingerprint density at radius 1 is 1.04 bits per heavy atom. The average Bonchev–Trinajstić information content (AvgIpc) is 2.68. The highest BCUT2D eigenvalue weighted by Crippen LogP contribution is 2.27. The first kappa shape index (κ1) is 19.7. The zero-order valence-corrected chi connectivity index (χ0v) is 15.7. The minimum atomic E-state index is -0.464. The fourth-order valence-corrected chi connectivity index (χ4v) is 2.86. The summed E-state index contributed by atoms with van der Waals surface area (Å²) in [4.78, 5) is 8.80. The lowest BCUT2D eigenvalue weighted by atomic mass is 10.0. The number of hydrogen-bond acceptors (Lipinski definition) is 4. The van der Waals surface area contributed by atoms with E-state index in [4.69, 9.17) is 0 Å². The monoisotopic (exact) mass is 378 g/mol. The molecule has 0 spiro atoms. The first-order valence-electron chi connectivity index (χ1n) is 9.29. The Balaban J connectivity index is 1.66. The van der Waals surface area contributed by atoms with Crippen LogP contribution in [0, 0.1) is 5.82 Å². The maximum absolute atomic E-state index is 14.0. The number of aromatic nitrogens is 2. The van der Waals surface area contributed by atoms with Crippen LogP contribution >= 0.6 is 0 Å². The van der Waals surface area contributed by atoms with E-state index in [1.807, 2.05) is 30.3 Å². The number of phenolic OH excluding ortho intramolecular Hbond substituents is 1. The molecule has 0 amide bonds. The number of rotatable bonds is 7. The standard InChI is InChI=1S/C23H23FN2O2/c1-16(27)5-3-2-4-6-17-14-25-23(26-15-17)19-9-7-18(8-10-19)21-12-11-20(28)13-22(21)24/h4,6-16,27-28H,2-3,5H2,1H3/b6-4+. The van der Waals surface area contributed by atoms with Crippen LogP contribution in [0.15, 0.2) is 60.9 Å². The van der Waals surface area contributed by atoms with Crippen molar-refractivity contribution >= 4 is 6.08 Å². The van der Waals surface area contributed by atoms with Crippen LogP contribution in [0.5, 0.6) is 5.75 Å². The molecule has 0 radical (unpaired) electrons. The Morgan fingerprint density at radius 3 is 2.36 bits per heavy atom. The second-order valence-corrected chi connectivity index (χ2v) is 6.76. The fourth-order valence-electron chi connectivity index (χ4n) is 2.86. The molecule has 0 bridgehead atoms. The number of allylic oxidation sites excluding steroid dienone is 1. The van der Waals surface area contributed by atoms with Gasteiger partial charge in [-0.05, 0) is 43.9 Å². The van der Waals surface area contributed by atoms with E-state index in [0.29, 0.717) is 11.4 Å². The molecule has 2 N–H and O–H groups in total. The quantitative estimate of drug-likeness (QED) is 0.553. The predicted molar refractivity (Wildman–Crippen MR) is 109 cm³/mol. The first-order chi connectivity index (χ1) is 13.5. The van der Waals surface area contributed by atoms with Crippen LogP contribution in [0.25, 0.3) is 28.6 Å². The molecular formula is C23H23FN2O2. The summed E-state index contributed by atoms with van der Waals surface area (Å²) in [6, 6.07) is 11.4. The van der Waals surface area contributed by atoms with Crippen molar-refractivity contribution in [1.82, 2.24) is 9.97 Å². The number of hydrogen-bond donors (Lipinski definition) is 2. The van der Waals surface area contributed by atoms with Crippen LogP contribution in [0.4, 0.5) is 4.39 Å². The van der Waals surface area contributed by atoms with E-state index in [1.54, 1.807) is 25.4 Å². The Morgan fingerprint density at radius 2 is 1.71 bits per heavy atom. The number of unbranched alkanes of at least 4 members (excludes halogenated alkanes) is 1. The maximum atomic E-state index is 14.0. The van der Waals surface area contributed by atoms with Crippen molar-refractivity contribution in [1.29, 1.82) is 0 Å². The number of aromatic hydroxyl groups is 1. The topological polar surface area (TPSA) is 66.2 Å². The van der Waals surface area contributed by atoms with Gasteiger partial charge in [-0.3, -0.25) is 0 Å². The summed E-state index contributed by atoms with van der Waals surface area (Å²) >= 11 is 0. The number of benzene rings is 2. The third-order valence-electron chi connectivity index (χ3n) is 4.38. The highest BCUT2D eigenvalue weighted by molar-refractivity contribution is 5.68. The molecule has 0 aliphatic rings. The van der Waals surface area contributed by atoms with Crippen LogP contribution < -0.4 is 0 Å². The molecule has 1 atom stereocenters. The van der Waals surface area contributed by atoms with E-state index >= 15 is 0 Å². The highest BCUT2D eigenvalue weighted by Gasteiger charge is 2.07. The molecule has 3 rings (SSSR count). The molecule has 5 heteroatoms. The number of halogens is 1. The van der Waals surface area contributed by atoms with Crippen LogP contribution in [0.1, 0.15) is 31.7 Å². The third kappa shape index (κ3) is 5.24. The summed E-state index contributed by atoms with van der Waals surface area (Å²) < 4.78 is 14.0. The number of aliphatic hydroxyl groups is 1. The van der Waals surface area contributed by atoms with Crippen LogP contribution in [-0.2, 0) is 0 Å². The van der Waals surface area contributed by atoms with Gasteiger partial charge in [-0.1, -0.05) is 36.4 Å². The molecule has 2 aromatic carbocycles. The normalized spacial score (nSPS) is 12.4. The molecule has 0 saturated heterocycles. The van der Waals surface area contributed by atoms with Crippen LogP contribution in [-0.4, -0.2) is 26.3 Å². The van der Waals surface area contributed by atoms with Crippen molar-refractivity contribution in [3.63, 3.8) is 0 Å². The number of aliphatic hydroxyl groups excluding tert-OH is 1. The molecular weight excluding hydrogens is 355 g/mol. The summed E-state index contributed by atoms with van der Waals surface area (Å²) in [6.45, 7) is 1.80. The van der Waals surface area contributed by atoms with E-state index in [-0.39, 0.29) is 11.9 Å². The largest absolute Gasteiger partial charge is 0.508 e. The number of phenols is 1. The lowest BCUT2D eigenvalue weighted by molar-refractivity contribution is 0.182. The SMILES string of the molecule is CC(O)CCC/C=C/c1cnc(-c2ccc(-c3ccc(O)cc3F)cc2)nc1. The van der Waals surface area contributed by atoms with Crippen LogP contribution in [0.3, 0.4) is 0 Å². The third-order valence-corrected chi connectivity index (χ3v) is 4.38. The predicted octanol–water partition coefficient (Wildman–Crippen LogP) is 5.22. The molecule has 144 valence electrons. The molecule has 1 unspecified atom stereocenters. The van der Waals surface area contributed by atoms with Gasteiger partial charge in [0.1, 0.15) is 11.6 Å². The average molecular weight is 378 g/mol. The van der Waals surface area contributed by atoms with Gasteiger partial charge in [0.15, 0.2) is 5.82 Å². The smallest absolute Gasteiger partial charge is 0.159 e. The van der Waals surface area contributed by atoms with Gasteiger partial charge in [0.2, 0.25) is 0 Å². The Kier molecular flexibility index (Phi) is 6.50. The molecule has 0 aliphatic heterocycles. The molecule has 28 heavy (non-hydrogen) atoms. The van der Waals surface area contributed by atoms with Gasteiger partial charge in [-0.2, -0.15) is 0 Å². The van der Waals surface area contributed by atoms with Gasteiger partial charge < -0.3 is 10.2 Å². The minimum absolute atomic E-state index is 0.0941. The van der Waals surface area contributed by atoms with Crippen molar-refractivity contribution in [2.45, 2.75) is 32.3 Å². The summed E-state index contributed by atoms with van der Waals surface area (Å²) in [6.07, 6.45) is 9.95. The minimum Gasteiger partial charge on any atom is -0.508 e. The van der Waals surface area contributed by atoms with Gasteiger partial charge >= 0.3 is 0 Å². The van der Waals surface area contributed by atoms with Crippen molar-refractivity contribution in [3.8, 4) is 28.3 Å². The zero-order chi connectivity index (χ0) is 19.9. The lowest BCUT2D eigenvalue weighted by Crippen LogP contribution is -1.97. The zero-order valence-electron chi connectivity index (χ0n) is 15.7. The van der Waals surface area contributed by atoms with Gasteiger partial charge in [0.25, 0.3) is 0 Å². The van der Waals surface area contributed by atoms with E-state index in [2.05, 4.69) is 16.0 Å². The molecule has 1 aromatic heterocycles. The van der Waals surface area contributed by atoms with Gasteiger partial charge in [0.05, 0.1) is 6.10 Å². The first-order valence-corrected chi connectivity index (χ1v) is 9.29. The Labute approximate surface area is 164 Å². The van der Waals surface area contributed by atoms with Crippen molar-refractivity contribution < 1.29 is 14.6 Å². The Bertz CT molecular complexity index is 936. The second kappa shape index (κ2) is 9.24. The summed E-state index contributed by atoms with van der Waals surface area (Å²) in [5, 5.41) is 18.6. The molecule has 0 saturated carbocycles. The Hall–Kier alpha value is -3.05. The second-order valence-electron chi connectivity index (χ2n) is 6.76. The van der Waals surface area contributed by atoms with Gasteiger partial charge in [-0.15, -0.1) is 0 Å². The van der Waals surface area contributed by atoms with Gasteiger partial charge in [-0.25, -0.2) is 14.4 Å². The van der Waals surface area contributed by atoms with Crippen molar-refractivity contribution in [2.75, 3.05) is 0 Å². The van der Waals surface area contributed by atoms with E-state index < -0.39 is 5.82 Å². The molecule has 3 aromatic rings. The summed E-state index contributed by atoms with van der Waals surface area (Å²) in [5.74, 6) is 0.0425. The molecule has 4 nitrogen and oxygen atoms in total. The van der Waals surface area contributed by atoms with Crippen molar-refractivity contribution in [2.24, 2.45) is 0 Å². The highest BCUT2D eigenvalue weighted by atomic mass is 19.1. The molecule has 1 heterocycles. The van der Waals surface area contributed by atoms with E-state index in [0.717, 1.165) is 42.0 Å².